The van der Waals surface area contributed by atoms with Gasteiger partial charge in [0, 0.05) is 17.8 Å². The predicted molar refractivity (Wildman–Crippen MR) is 82.7 cm³/mol. The summed E-state index contributed by atoms with van der Waals surface area (Å²) < 4.78 is 10.8. The Morgan fingerprint density at radius 3 is 2.81 bits per heavy atom. The van der Waals surface area contributed by atoms with Crippen LogP contribution >= 0.6 is 0 Å². The molecule has 1 amide bonds. The average molecular weight is 292 g/mol. The minimum atomic E-state index is -0.494. The Hall–Kier alpha value is -1.75. The van der Waals surface area contributed by atoms with Crippen LogP contribution in [0, 0.1) is 5.41 Å². The van der Waals surface area contributed by atoms with Crippen molar-refractivity contribution < 1.29 is 14.3 Å². The molecule has 0 aliphatic heterocycles. The highest BCUT2D eigenvalue weighted by molar-refractivity contribution is 5.96. The zero-order chi connectivity index (χ0) is 15.5. The van der Waals surface area contributed by atoms with E-state index in [1.54, 1.807) is 19.2 Å². The smallest absolute Gasteiger partial charge is 0.231 e. The largest absolute Gasteiger partial charge is 0.493 e. The third-order valence-corrected chi connectivity index (χ3v) is 4.27. The molecule has 116 valence electrons. The number of rotatable bonds is 5. The van der Waals surface area contributed by atoms with E-state index in [0.717, 1.165) is 19.3 Å². The highest BCUT2D eigenvalue weighted by atomic mass is 16.5. The quantitative estimate of drug-likeness (QED) is 0.874. The molecule has 1 aromatic carbocycles. The molecule has 2 unspecified atom stereocenters. The fourth-order valence-corrected chi connectivity index (χ4v) is 2.77. The molecule has 1 aliphatic rings. The van der Waals surface area contributed by atoms with Crippen LogP contribution in [0.1, 0.15) is 33.1 Å². The van der Waals surface area contributed by atoms with Gasteiger partial charge in [-0.15, -0.1) is 0 Å². The number of benzene rings is 1. The summed E-state index contributed by atoms with van der Waals surface area (Å²) in [5.41, 5.74) is 6.28. The molecular formula is C16H24N2O3. The molecule has 5 heteroatoms. The van der Waals surface area contributed by atoms with Crippen LogP contribution in [0.15, 0.2) is 18.2 Å². The molecule has 21 heavy (non-hydrogen) atoms. The lowest BCUT2D eigenvalue weighted by Gasteiger charge is -2.27. The number of ether oxygens (including phenoxy) is 2. The molecule has 0 heterocycles. The first kappa shape index (κ1) is 15.6. The lowest BCUT2D eigenvalue weighted by Crippen LogP contribution is -2.44. The second-order valence-electron chi connectivity index (χ2n) is 5.67. The van der Waals surface area contributed by atoms with Crippen LogP contribution in [-0.2, 0) is 4.79 Å². The van der Waals surface area contributed by atoms with E-state index < -0.39 is 5.41 Å². The van der Waals surface area contributed by atoms with Crippen molar-refractivity contribution in [1.82, 2.24) is 0 Å². The zero-order valence-electron chi connectivity index (χ0n) is 12.9. The lowest BCUT2D eigenvalue weighted by molar-refractivity contribution is -0.125. The molecule has 0 spiro atoms. The van der Waals surface area contributed by atoms with E-state index in [9.17, 15) is 4.79 Å². The van der Waals surface area contributed by atoms with Crippen LogP contribution < -0.4 is 20.5 Å². The van der Waals surface area contributed by atoms with Gasteiger partial charge in [-0.1, -0.05) is 6.42 Å². The first-order valence-electron chi connectivity index (χ1n) is 7.39. The number of nitrogens with two attached hydrogens (primary N) is 1. The van der Waals surface area contributed by atoms with E-state index in [-0.39, 0.29) is 11.9 Å². The summed E-state index contributed by atoms with van der Waals surface area (Å²) in [4.78, 5) is 12.5. The number of amides is 1. The molecule has 0 saturated heterocycles. The Bertz CT molecular complexity index is 518. The molecule has 0 radical (unpaired) electrons. The normalized spacial score (nSPS) is 24.7. The van der Waals surface area contributed by atoms with Crippen LogP contribution in [-0.4, -0.2) is 25.7 Å². The molecule has 2 atom stereocenters. The monoisotopic (exact) mass is 292 g/mol. The number of carbonyl (C=O) groups is 1. The van der Waals surface area contributed by atoms with Crippen molar-refractivity contribution >= 4 is 11.6 Å². The van der Waals surface area contributed by atoms with Gasteiger partial charge >= 0.3 is 0 Å². The number of anilines is 1. The summed E-state index contributed by atoms with van der Waals surface area (Å²) in [7, 11) is 1.58. The molecule has 1 fully saturated rings. The van der Waals surface area contributed by atoms with E-state index in [2.05, 4.69) is 5.32 Å². The Morgan fingerprint density at radius 2 is 2.24 bits per heavy atom. The maximum atomic E-state index is 12.5. The predicted octanol–water partition coefficient (Wildman–Crippen LogP) is 2.55. The summed E-state index contributed by atoms with van der Waals surface area (Å²) in [5.74, 6) is 1.25. The van der Waals surface area contributed by atoms with Gasteiger partial charge in [0.2, 0.25) is 5.91 Å². The van der Waals surface area contributed by atoms with Gasteiger partial charge in [-0.05, 0) is 38.8 Å². The number of nitrogens with one attached hydrogen (secondary N) is 1. The number of hydrogen-bond donors (Lipinski definition) is 2. The van der Waals surface area contributed by atoms with Gasteiger partial charge < -0.3 is 20.5 Å². The van der Waals surface area contributed by atoms with Crippen molar-refractivity contribution in [3.8, 4) is 11.5 Å². The van der Waals surface area contributed by atoms with Crippen LogP contribution in [0.5, 0.6) is 11.5 Å². The topological polar surface area (TPSA) is 73.6 Å². The molecule has 3 N–H and O–H groups in total. The summed E-state index contributed by atoms with van der Waals surface area (Å²) in [5, 5.41) is 2.94. The Labute approximate surface area is 125 Å². The van der Waals surface area contributed by atoms with Crippen LogP contribution in [0.2, 0.25) is 0 Å². The average Bonchev–Trinajstić information content (AvgIpc) is 2.82. The van der Waals surface area contributed by atoms with Gasteiger partial charge in [-0.2, -0.15) is 0 Å². The van der Waals surface area contributed by atoms with E-state index in [1.165, 1.54) is 0 Å². The third kappa shape index (κ3) is 3.13. The summed E-state index contributed by atoms with van der Waals surface area (Å²) in [6.45, 7) is 4.41. The number of hydrogen-bond acceptors (Lipinski definition) is 4. The van der Waals surface area contributed by atoms with Crippen LogP contribution in [0.25, 0.3) is 0 Å². The molecule has 0 bridgehead atoms. The highest BCUT2D eigenvalue weighted by Crippen LogP contribution is 2.38. The van der Waals surface area contributed by atoms with Crippen molar-refractivity contribution in [3.05, 3.63) is 18.2 Å². The summed E-state index contributed by atoms with van der Waals surface area (Å²) in [6, 6.07) is 5.30. The van der Waals surface area contributed by atoms with Crippen molar-refractivity contribution in [2.24, 2.45) is 11.1 Å². The van der Waals surface area contributed by atoms with E-state index in [0.29, 0.717) is 23.8 Å². The maximum absolute atomic E-state index is 12.5. The van der Waals surface area contributed by atoms with Gasteiger partial charge in [0.25, 0.3) is 0 Å². The van der Waals surface area contributed by atoms with Crippen molar-refractivity contribution in [2.45, 2.75) is 39.2 Å². The molecular weight excluding hydrogens is 268 g/mol. The maximum Gasteiger partial charge on any atom is 0.231 e. The van der Waals surface area contributed by atoms with Crippen molar-refractivity contribution in [2.75, 3.05) is 19.0 Å². The molecule has 2 rings (SSSR count). The lowest BCUT2D eigenvalue weighted by atomic mass is 9.84. The van der Waals surface area contributed by atoms with Gasteiger partial charge in [0.15, 0.2) is 11.5 Å². The standard InChI is InChI=1S/C16H24N2O3/c1-4-21-12-8-7-11(10-13(12)20-3)18-15(19)16(2)9-5-6-14(16)17/h7-8,10,14H,4-6,9,17H2,1-3H3,(H,18,19). The Morgan fingerprint density at radius 1 is 1.48 bits per heavy atom. The molecule has 1 aliphatic carbocycles. The first-order valence-corrected chi connectivity index (χ1v) is 7.39. The van der Waals surface area contributed by atoms with Gasteiger partial charge in [0.05, 0.1) is 19.1 Å². The molecule has 1 aromatic rings. The Kier molecular flexibility index (Phi) is 4.73. The number of carbonyl (C=O) groups excluding carboxylic acids is 1. The molecule has 0 aromatic heterocycles. The number of methoxy groups -OCH3 is 1. The van der Waals surface area contributed by atoms with E-state index >= 15 is 0 Å². The van der Waals surface area contributed by atoms with Gasteiger partial charge in [-0.3, -0.25) is 4.79 Å². The van der Waals surface area contributed by atoms with Gasteiger partial charge in [-0.25, -0.2) is 0 Å². The molecule has 5 nitrogen and oxygen atoms in total. The SMILES string of the molecule is CCOc1ccc(NC(=O)C2(C)CCCC2N)cc1OC. The summed E-state index contributed by atoms with van der Waals surface area (Å²) >= 11 is 0. The minimum absolute atomic E-state index is 0.0290. The van der Waals surface area contributed by atoms with Crippen LogP contribution in [0.3, 0.4) is 0 Å². The first-order chi connectivity index (χ1) is 10.0. The second kappa shape index (κ2) is 6.35. The second-order valence-corrected chi connectivity index (χ2v) is 5.67. The fraction of sp³-hybridized carbons (Fsp3) is 0.562. The van der Waals surface area contributed by atoms with E-state index in [4.69, 9.17) is 15.2 Å². The summed E-state index contributed by atoms with van der Waals surface area (Å²) in [6.07, 6.45) is 2.72. The van der Waals surface area contributed by atoms with Crippen LogP contribution in [0.4, 0.5) is 5.69 Å². The third-order valence-electron chi connectivity index (χ3n) is 4.27. The van der Waals surface area contributed by atoms with E-state index in [1.807, 2.05) is 19.9 Å². The van der Waals surface area contributed by atoms with Gasteiger partial charge in [0.1, 0.15) is 0 Å². The Balaban J connectivity index is 2.14. The minimum Gasteiger partial charge on any atom is -0.493 e. The van der Waals surface area contributed by atoms with Crippen molar-refractivity contribution in [3.63, 3.8) is 0 Å². The van der Waals surface area contributed by atoms with Crippen molar-refractivity contribution in [1.29, 1.82) is 0 Å². The fourth-order valence-electron chi connectivity index (χ4n) is 2.77. The highest BCUT2D eigenvalue weighted by Gasteiger charge is 2.42. The zero-order valence-corrected chi connectivity index (χ0v) is 12.9. The molecule has 1 saturated carbocycles.